The molecule has 3 aromatic rings. The lowest BCUT2D eigenvalue weighted by molar-refractivity contribution is 0.495. The SMILES string of the molecule is Cc1nc(-c2ccc(S(=O)(=O)N3CC(C)Cc4ccccc43)cc2)c(C)o1. The summed E-state index contributed by atoms with van der Waals surface area (Å²) in [6, 6.07) is 14.6. The zero-order valence-electron chi connectivity index (χ0n) is 15.6. The van der Waals surface area contributed by atoms with E-state index in [1.807, 2.05) is 31.2 Å². The highest BCUT2D eigenvalue weighted by Gasteiger charge is 2.31. The van der Waals surface area contributed by atoms with Gasteiger partial charge in [0.15, 0.2) is 5.89 Å². The van der Waals surface area contributed by atoms with Gasteiger partial charge in [0.2, 0.25) is 0 Å². The molecule has 0 spiro atoms. The summed E-state index contributed by atoms with van der Waals surface area (Å²) in [6.07, 6.45) is 0.895. The predicted molar refractivity (Wildman–Crippen MR) is 105 cm³/mol. The summed E-state index contributed by atoms with van der Waals surface area (Å²) < 4.78 is 33.6. The zero-order chi connectivity index (χ0) is 19.2. The quantitative estimate of drug-likeness (QED) is 0.676. The molecule has 1 unspecified atom stereocenters. The van der Waals surface area contributed by atoms with Gasteiger partial charge in [0.05, 0.1) is 10.6 Å². The molecule has 0 fully saturated rings. The summed E-state index contributed by atoms with van der Waals surface area (Å²) in [7, 11) is -3.62. The van der Waals surface area contributed by atoms with Gasteiger partial charge in [0.1, 0.15) is 11.5 Å². The van der Waals surface area contributed by atoms with Gasteiger partial charge in [-0.15, -0.1) is 0 Å². The molecule has 0 saturated heterocycles. The molecule has 2 aromatic carbocycles. The van der Waals surface area contributed by atoms with Gasteiger partial charge in [0.25, 0.3) is 10.0 Å². The zero-order valence-corrected chi connectivity index (χ0v) is 16.5. The number of para-hydroxylation sites is 1. The maximum Gasteiger partial charge on any atom is 0.264 e. The van der Waals surface area contributed by atoms with Crippen molar-refractivity contribution in [3.8, 4) is 11.3 Å². The van der Waals surface area contributed by atoms with Crippen LogP contribution in [0.5, 0.6) is 0 Å². The minimum absolute atomic E-state index is 0.273. The highest BCUT2D eigenvalue weighted by molar-refractivity contribution is 7.92. The van der Waals surface area contributed by atoms with Crippen LogP contribution in [0.25, 0.3) is 11.3 Å². The lowest BCUT2D eigenvalue weighted by Gasteiger charge is -2.33. The molecule has 4 rings (SSSR count). The monoisotopic (exact) mass is 382 g/mol. The van der Waals surface area contributed by atoms with E-state index >= 15 is 0 Å². The Morgan fingerprint density at radius 2 is 1.78 bits per heavy atom. The number of oxazole rings is 1. The third-order valence-corrected chi connectivity index (χ3v) is 6.72. The average Bonchev–Trinajstić information content (AvgIpc) is 2.99. The molecule has 0 N–H and O–H groups in total. The van der Waals surface area contributed by atoms with Gasteiger partial charge < -0.3 is 4.42 Å². The second-order valence-corrected chi connectivity index (χ2v) is 9.00. The van der Waals surface area contributed by atoms with Crippen LogP contribution >= 0.6 is 0 Å². The number of hydrogen-bond donors (Lipinski definition) is 0. The maximum absolute atomic E-state index is 13.3. The Bertz CT molecular complexity index is 1080. The van der Waals surface area contributed by atoms with Crippen LogP contribution in [0.4, 0.5) is 5.69 Å². The molecule has 0 bridgehead atoms. The lowest BCUT2D eigenvalue weighted by Crippen LogP contribution is -2.39. The van der Waals surface area contributed by atoms with E-state index in [4.69, 9.17) is 4.42 Å². The third-order valence-electron chi connectivity index (χ3n) is 4.93. The lowest BCUT2D eigenvalue weighted by atomic mass is 9.96. The van der Waals surface area contributed by atoms with Gasteiger partial charge in [-0.3, -0.25) is 4.31 Å². The van der Waals surface area contributed by atoms with Crippen molar-refractivity contribution in [3.05, 3.63) is 65.7 Å². The Morgan fingerprint density at radius 3 is 2.44 bits per heavy atom. The van der Waals surface area contributed by atoms with E-state index < -0.39 is 10.0 Å². The van der Waals surface area contributed by atoms with E-state index in [0.717, 1.165) is 34.7 Å². The standard InChI is InChI=1S/C21H22N2O3S/c1-14-12-18-6-4-5-7-20(18)23(13-14)27(24,25)19-10-8-17(9-11-19)21-15(2)26-16(3)22-21/h4-11,14H,12-13H2,1-3H3. The van der Waals surface area contributed by atoms with E-state index in [2.05, 4.69) is 11.9 Å². The molecular formula is C21H22N2O3S. The van der Waals surface area contributed by atoms with Crippen molar-refractivity contribution in [2.75, 3.05) is 10.8 Å². The van der Waals surface area contributed by atoms with Crippen LogP contribution in [-0.2, 0) is 16.4 Å². The molecule has 1 atom stereocenters. The van der Waals surface area contributed by atoms with Crippen LogP contribution in [0.15, 0.2) is 57.8 Å². The van der Waals surface area contributed by atoms with Crippen LogP contribution in [0, 0.1) is 19.8 Å². The number of nitrogens with zero attached hydrogens (tertiary/aromatic N) is 2. The first-order valence-electron chi connectivity index (χ1n) is 9.01. The largest absolute Gasteiger partial charge is 0.446 e. The number of hydrogen-bond acceptors (Lipinski definition) is 4. The van der Waals surface area contributed by atoms with Crippen LogP contribution in [-0.4, -0.2) is 19.9 Å². The Labute approximate surface area is 159 Å². The number of aromatic nitrogens is 1. The van der Waals surface area contributed by atoms with Crippen molar-refractivity contribution in [1.29, 1.82) is 0 Å². The second kappa shape index (κ2) is 6.53. The first kappa shape index (κ1) is 17.8. The van der Waals surface area contributed by atoms with Crippen molar-refractivity contribution >= 4 is 15.7 Å². The fraction of sp³-hybridized carbons (Fsp3) is 0.286. The van der Waals surface area contributed by atoms with Gasteiger partial charge >= 0.3 is 0 Å². The molecule has 1 aromatic heterocycles. The van der Waals surface area contributed by atoms with Crippen molar-refractivity contribution in [2.45, 2.75) is 32.1 Å². The normalized spacial score (nSPS) is 17.0. The Hall–Kier alpha value is -2.60. The van der Waals surface area contributed by atoms with Crippen molar-refractivity contribution in [1.82, 2.24) is 4.98 Å². The molecule has 5 nitrogen and oxygen atoms in total. The van der Waals surface area contributed by atoms with Gasteiger partial charge in [-0.1, -0.05) is 37.3 Å². The molecule has 27 heavy (non-hydrogen) atoms. The van der Waals surface area contributed by atoms with Crippen molar-refractivity contribution in [3.63, 3.8) is 0 Å². The van der Waals surface area contributed by atoms with E-state index in [0.29, 0.717) is 12.4 Å². The van der Waals surface area contributed by atoms with E-state index in [1.54, 1.807) is 31.2 Å². The van der Waals surface area contributed by atoms with E-state index in [-0.39, 0.29) is 10.8 Å². The molecule has 140 valence electrons. The van der Waals surface area contributed by atoms with Gasteiger partial charge in [-0.25, -0.2) is 13.4 Å². The minimum Gasteiger partial charge on any atom is -0.446 e. The molecule has 0 saturated carbocycles. The first-order valence-corrected chi connectivity index (χ1v) is 10.5. The first-order chi connectivity index (χ1) is 12.9. The molecule has 6 heteroatoms. The number of fused-ring (bicyclic) bond motifs is 1. The van der Waals surface area contributed by atoms with Crippen LogP contribution < -0.4 is 4.31 Å². The molecule has 0 amide bonds. The minimum atomic E-state index is -3.62. The summed E-state index contributed by atoms with van der Waals surface area (Å²) >= 11 is 0. The average molecular weight is 382 g/mol. The smallest absolute Gasteiger partial charge is 0.264 e. The van der Waals surface area contributed by atoms with Gasteiger partial charge in [0, 0.05) is 19.0 Å². The number of benzene rings is 2. The number of sulfonamides is 1. The van der Waals surface area contributed by atoms with Crippen LogP contribution in [0.1, 0.15) is 24.1 Å². The predicted octanol–water partition coefficient (Wildman–Crippen LogP) is 4.35. The van der Waals surface area contributed by atoms with Gasteiger partial charge in [-0.05, 0) is 43.0 Å². The van der Waals surface area contributed by atoms with Gasteiger partial charge in [-0.2, -0.15) is 0 Å². The summed E-state index contributed by atoms with van der Waals surface area (Å²) in [4.78, 5) is 4.66. The molecular weight excluding hydrogens is 360 g/mol. The van der Waals surface area contributed by atoms with Crippen molar-refractivity contribution < 1.29 is 12.8 Å². The molecule has 1 aliphatic heterocycles. The molecule has 1 aliphatic rings. The van der Waals surface area contributed by atoms with Crippen LogP contribution in [0.2, 0.25) is 0 Å². The van der Waals surface area contributed by atoms with Crippen molar-refractivity contribution in [2.24, 2.45) is 5.92 Å². The Morgan fingerprint density at radius 1 is 1.07 bits per heavy atom. The fourth-order valence-electron chi connectivity index (χ4n) is 3.68. The summed E-state index contributed by atoms with van der Waals surface area (Å²) in [6.45, 7) is 6.22. The molecule has 0 aliphatic carbocycles. The maximum atomic E-state index is 13.3. The number of rotatable bonds is 3. The molecule has 2 heterocycles. The van der Waals surface area contributed by atoms with Crippen LogP contribution in [0.3, 0.4) is 0 Å². The third kappa shape index (κ3) is 3.14. The topological polar surface area (TPSA) is 63.4 Å². The second-order valence-electron chi connectivity index (χ2n) is 7.14. The summed E-state index contributed by atoms with van der Waals surface area (Å²) in [5.41, 5.74) is 3.44. The Kier molecular flexibility index (Phi) is 4.30. The Balaban J connectivity index is 1.72. The van der Waals surface area contributed by atoms with E-state index in [1.165, 1.54) is 4.31 Å². The summed E-state index contributed by atoms with van der Waals surface area (Å²) in [5, 5.41) is 0. The number of aryl methyl sites for hydroxylation is 2. The number of anilines is 1. The highest BCUT2D eigenvalue weighted by Crippen LogP contribution is 2.34. The fourth-order valence-corrected chi connectivity index (χ4v) is 5.31. The summed E-state index contributed by atoms with van der Waals surface area (Å²) in [5.74, 6) is 1.59. The molecule has 0 radical (unpaired) electrons. The highest BCUT2D eigenvalue weighted by atomic mass is 32.2. The van der Waals surface area contributed by atoms with E-state index in [9.17, 15) is 8.42 Å².